The van der Waals surface area contributed by atoms with E-state index < -0.39 is 0 Å². The average molecular weight is 431 g/mol. The molecule has 7 heteroatoms. The Morgan fingerprint density at radius 2 is 2.04 bits per heavy atom. The van der Waals surface area contributed by atoms with Crippen molar-refractivity contribution in [2.45, 2.75) is 57.0 Å². The molecule has 0 amide bonds. The molecule has 0 bridgehead atoms. The summed E-state index contributed by atoms with van der Waals surface area (Å²) in [4.78, 5) is 4.39. The maximum Gasteiger partial charge on any atom is 0.191 e. The summed E-state index contributed by atoms with van der Waals surface area (Å²) in [5, 5.41) is 15.7. The Morgan fingerprint density at radius 1 is 1.19 bits per heavy atom. The quantitative estimate of drug-likeness (QED) is 0.564. The number of halogens is 1. The Labute approximate surface area is 169 Å². The molecule has 1 aromatic carbocycles. The van der Waals surface area contributed by atoms with Gasteiger partial charge in [-0.2, -0.15) is 0 Å². The SMILES string of the molecule is CN=C(NCc1nnc2n1CCCCC2)NCC1(c2ccccc2Br)CC1. The second-order valence-corrected chi connectivity index (χ2v) is 8.39. The van der Waals surface area contributed by atoms with Crippen LogP contribution in [0.2, 0.25) is 0 Å². The number of aryl methyl sites for hydroxylation is 1. The number of nitrogens with zero attached hydrogens (tertiary/aromatic N) is 4. The van der Waals surface area contributed by atoms with Gasteiger partial charge in [-0.05, 0) is 37.3 Å². The number of aromatic nitrogens is 3. The van der Waals surface area contributed by atoms with E-state index >= 15 is 0 Å². The number of nitrogens with one attached hydrogen (secondary N) is 2. The van der Waals surface area contributed by atoms with Gasteiger partial charge in [0, 0.05) is 36.4 Å². The van der Waals surface area contributed by atoms with Gasteiger partial charge in [-0.1, -0.05) is 40.5 Å². The van der Waals surface area contributed by atoms with Crippen molar-refractivity contribution in [1.82, 2.24) is 25.4 Å². The molecular weight excluding hydrogens is 404 g/mol. The van der Waals surface area contributed by atoms with Gasteiger partial charge in [-0.25, -0.2) is 0 Å². The van der Waals surface area contributed by atoms with Crippen molar-refractivity contribution in [3.05, 3.63) is 46.0 Å². The van der Waals surface area contributed by atoms with Gasteiger partial charge in [0.15, 0.2) is 11.8 Å². The second-order valence-electron chi connectivity index (χ2n) is 7.53. The Hall–Kier alpha value is -1.89. The summed E-state index contributed by atoms with van der Waals surface area (Å²) in [5.74, 6) is 2.94. The Kier molecular flexibility index (Phi) is 5.48. The van der Waals surface area contributed by atoms with Crippen molar-refractivity contribution in [1.29, 1.82) is 0 Å². The van der Waals surface area contributed by atoms with E-state index in [0.717, 1.165) is 37.1 Å². The summed E-state index contributed by atoms with van der Waals surface area (Å²) in [6, 6.07) is 8.53. The number of guanidine groups is 1. The minimum Gasteiger partial charge on any atom is -0.356 e. The largest absolute Gasteiger partial charge is 0.356 e. The third-order valence-electron chi connectivity index (χ3n) is 5.72. The van der Waals surface area contributed by atoms with Crippen LogP contribution in [0.25, 0.3) is 0 Å². The molecule has 0 atom stereocenters. The summed E-state index contributed by atoms with van der Waals surface area (Å²) in [5.41, 5.74) is 1.60. The van der Waals surface area contributed by atoms with Crippen molar-refractivity contribution in [2.75, 3.05) is 13.6 Å². The van der Waals surface area contributed by atoms with Crippen molar-refractivity contribution in [2.24, 2.45) is 4.99 Å². The molecule has 27 heavy (non-hydrogen) atoms. The van der Waals surface area contributed by atoms with Crippen molar-refractivity contribution < 1.29 is 0 Å². The van der Waals surface area contributed by atoms with E-state index in [0.29, 0.717) is 6.54 Å². The molecule has 4 rings (SSSR count). The minimum atomic E-state index is 0.212. The number of hydrogen-bond donors (Lipinski definition) is 2. The fraction of sp³-hybridized carbons (Fsp3) is 0.550. The molecule has 1 aromatic heterocycles. The van der Waals surface area contributed by atoms with Gasteiger partial charge in [0.05, 0.1) is 6.54 Å². The van der Waals surface area contributed by atoms with Gasteiger partial charge < -0.3 is 15.2 Å². The molecule has 0 saturated heterocycles. The highest BCUT2D eigenvalue weighted by atomic mass is 79.9. The molecule has 6 nitrogen and oxygen atoms in total. The molecule has 2 heterocycles. The average Bonchev–Trinajstić information content (AvgIpc) is 3.43. The third-order valence-corrected chi connectivity index (χ3v) is 6.41. The number of hydrogen-bond acceptors (Lipinski definition) is 3. The van der Waals surface area contributed by atoms with E-state index in [9.17, 15) is 0 Å². The van der Waals surface area contributed by atoms with E-state index in [1.54, 1.807) is 0 Å². The maximum absolute atomic E-state index is 4.39. The Balaban J connectivity index is 1.36. The molecule has 0 radical (unpaired) electrons. The van der Waals surface area contributed by atoms with Crippen LogP contribution >= 0.6 is 15.9 Å². The third kappa shape index (κ3) is 4.03. The molecule has 1 aliphatic carbocycles. The first-order valence-corrected chi connectivity index (χ1v) is 10.6. The van der Waals surface area contributed by atoms with E-state index in [1.807, 2.05) is 7.05 Å². The zero-order valence-corrected chi connectivity index (χ0v) is 17.4. The summed E-state index contributed by atoms with van der Waals surface area (Å²) in [7, 11) is 1.82. The summed E-state index contributed by atoms with van der Waals surface area (Å²) in [6.07, 6.45) is 7.14. The van der Waals surface area contributed by atoms with Gasteiger partial charge in [0.1, 0.15) is 5.82 Å². The molecule has 2 aromatic rings. The smallest absolute Gasteiger partial charge is 0.191 e. The van der Waals surface area contributed by atoms with Crippen LogP contribution in [0.5, 0.6) is 0 Å². The van der Waals surface area contributed by atoms with Gasteiger partial charge in [-0.3, -0.25) is 4.99 Å². The van der Waals surface area contributed by atoms with E-state index in [2.05, 4.69) is 70.6 Å². The van der Waals surface area contributed by atoms with Gasteiger partial charge in [0.2, 0.25) is 0 Å². The van der Waals surface area contributed by atoms with Crippen LogP contribution in [0.3, 0.4) is 0 Å². The van der Waals surface area contributed by atoms with Gasteiger partial charge >= 0.3 is 0 Å². The number of rotatable bonds is 5. The standard InChI is InChI=1S/C20H27BrN6/c1-22-19(23-13-18-26-25-17-9-3-2-6-12-27(17)18)24-14-20(10-11-20)15-7-4-5-8-16(15)21/h4-5,7-8H,2-3,6,9-14H2,1H3,(H2,22,23,24). The summed E-state index contributed by atoms with van der Waals surface area (Å²) in [6.45, 7) is 2.55. The van der Waals surface area contributed by atoms with Crippen LogP contribution in [-0.2, 0) is 24.9 Å². The maximum atomic E-state index is 4.39. The van der Waals surface area contributed by atoms with E-state index in [4.69, 9.17) is 0 Å². The number of aliphatic imine (C=N–C) groups is 1. The van der Waals surface area contributed by atoms with E-state index in [1.165, 1.54) is 42.1 Å². The molecular formula is C20H27BrN6. The summed E-state index contributed by atoms with van der Waals surface area (Å²) >= 11 is 3.70. The fourth-order valence-electron chi connectivity index (χ4n) is 3.90. The Bertz CT molecular complexity index is 824. The molecule has 0 spiro atoms. The van der Waals surface area contributed by atoms with E-state index in [-0.39, 0.29) is 5.41 Å². The predicted octanol–water partition coefficient (Wildman–Crippen LogP) is 3.16. The van der Waals surface area contributed by atoms with Crippen molar-refractivity contribution in [3.8, 4) is 0 Å². The van der Waals surface area contributed by atoms with Crippen LogP contribution in [0, 0.1) is 0 Å². The first-order chi connectivity index (χ1) is 13.2. The van der Waals surface area contributed by atoms with Gasteiger partial charge in [-0.15, -0.1) is 10.2 Å². The van der Waals surface area contributed by atoms with Crippen molar-refractivity contribution >= 4 is 21.9 Å². The zero-order valence-electron chi connectivity index (χ0n) is 15.8. The van der Waals surface area contributed by atoms with Crippen LogP contribution in [0.4, 0.5) is 0 Å². The highest BCUT2D eigenvalue weighted by molar-refractivity contribution is 9.10. The highest BCUT2D eigenvalue weighted by Gasteiger charge is 2.45. The lowest BCUT2D eigenvalue weighted by atomic mass is 9.96. The van der Waals surface area contributed by atoms with Crippen molar-refractivity contribution in [3.63, 3.8) is 0 Å². The van der Waals surface area contributed by atoms with Gasteiger partial charge in [0.25, 0.3) is 0 Å². The first kappa shape index (κ1) is 18.5. The minimum absolute atomic E-state index is 0.212. The van der Waals surface area contributed by atoms with Crippen LogP contribution in [-0.4, -0.2) is 34.3 Å². The van der Waals surface area contributed by atoms with Crippen LogP contribution in [0.15, 0.2) is 33.7 Å². The lowest BCUT2D eigenvalue weighted by Gasteiger charge is -2.20. The number of fused-ring (bicyclic) bond motifs is 1. The first-order valence-electron chi connectivity index (χ1n) is 9.82. The fourth-order valence-corrected chi connectivity index (χ4v) is 4.60. The topological polar surface area (TPSA) is 67.1 Å². The number of benzene rings is 1. The monoisotopic (exact) mass is 430 g/mol. The van der Waals surface area contributed by atoms with Crippen LogP contribution in [0.1, 0.15) is 49.3 Å². The molecule has 2 aliphatic rings. The summed E-state index contributed by atoms with van der Waals surface area (Å²) < 4.78 is 3.47. The lowest BCUT2D eigenvalue weighted by Crippen LogP contribution is -2.41. The molecule has 1 saturated carbocycles. The van der Waals surface area contributed by atoms with Crippen LogP contribution < -0.4 is 10.6 Å². The molecule has 2 N–H and O–H groups in total. The molecule has 1 fully saturated rings. The lowest BCUT2D eigenvalue weighted by molar-refractivity contribution is 0.593. The normalized spacial score (nSPS) is 18.5. The highest BCUT2D eigenvalue weighted by Crippen LogP contribution is 2.49. The second kappa shape index (κ2) is 8.00. The Morgan fingerprint density at radius 3 is 2.81 bits per heavy atom. The molecule has 1 aliphatic heterocycles. The molecule has 144 valence electrons. The zero-order chi connectivity index (χ0) is 18.7. The molecule has 0 unspecified atom stereocenters. The predicted molar refractivity (Wildman–Crippen MR) is 111 cm³/mol.